The van der Waals surface area contributed by atoms with Gasteiger partial charge in [0.15, 0.2) is 0 Å². The molecule has 1 saturated carbocycles. The van der Waals surface area contributed by atoms with Gasteiger partial charge in [-0.15, -0.1) is 0 Å². The molecule has 0 bridgehead atoms. The van der Waals surface area contributed by atoms with Gasteiger partial charge >= 0.3 is 5.97 Å². The van der Waals surface area contributed by atoms with Gasteiger partial charge in [-0.3, -0.25) is 23.7 Å². The van der Waals surface area contributed by atoms with Gasteiger partial charge in [-0.25, -0.2) is 0 Å². The quantitative estimate of drug-likeness (QED) is 0.107. The van der Waals surface area contributed by atoms with Crippen molar-refractivity contribution in [3.63, 3.8) is 0 Å². The van der Waals surface area contributed by atoms with Crippen molar-refractivity contribution in [2.45, 2.75) is 76.8 Å². The molecule has 13 heteroatoms. The minimum Gasteiger partial charge on any atom is -0.466 e. The van der Waals surface area contributed by atoms with E-state index < -0.39 is 21.8 Å². The van der Waals surface area contributed by atoms with Crippen LogP contribution in [0.2, 0.25) is 5.02 Å². The molecule has 0 aliphatic heterocycles. The molecule has 0 atom stereocenters. The monoisotopic (exact) mass is 687 g/mol. The second-order valence-corrected chi connectivity index (χ2v) is 14.0. The van der Waals surface area contributed by atoms with Crippen LogP contribution in [0.5, 0.6) is 0 Å². The van der Waals surface area contributed by atoms with Crippen LogP contribution in [-0.4, -0.2) is 66.2 Å². The summed E-state index contributed by atoms with van der Waals surface area (Å²) in [4.78, 5) is 52.1. The number of amides is 2. The third kappa shape index (κ3) is 11.5. The first kappa shape index (κ1) is 36.1. The first-order valence-corrected chi connectivity index (χ1v) is 17.9. The summed E-state index contributed by atoms with van der Waals surface area (Å²) in [6.45, 7) is 0.468. The van der Waals surface area contributed by atoms with Crippen LogP contribution in [0.1, 0.15) is 85.3 Å². The molecule has 1 aliphatic rings. The van der Waals surface area contributed by atoms with Gasteiger partial charge in [0.05, 0.1) is 17.9 Å². The highest BCUT2D eigenvalue weighted by Crippen LogP contribution is 2.37. The Hall–Kier alpha value is -3.74. The van der Waals surface area contributed by atoms with Crippen molar-refractivity contribution in [1.82, 2.24) is 14.8 Å². The highest BCUT2D eigenvalue weighted by Gasteiger charge is 2.27. The Bertz CT molecular complexity index is 1740. The SMILES string of the molecule is CN(CCS(=O)(=O)O)C(=O)CCCCCCC(=O)OCCCc1ccc2c(c1)c(=O)c(C(=O)NCc1ccc(Cl)cc1)cn2C1CC1. The average Bonchev–Trinajstić information content (AvgIpc) is 3.88. The lowest BCUT2D eigenvalue weighted by Gasteiger charge is -2.16. The number of rotatable bonds is 18. The molecule has 1 aromatic heterocycles. The summed E-state index contributed by atoms with van der Waals surface area (Å²) < 4.78 is 37.9. The summed E-state index contributed by atoms with van der Waals surface area (Å²) in [7, 11) is -2.61. The fourth-order valence-electron chi connectivity index (χ4n) is 5.26. The fourth-order valence-corrected chi connectivity index (χ4v) is 5.89. The summed E-state index contributed by atoms with van der Waals surface area (Å²) >= 11 is 5.95. The van der Waals surface area contributed by atoms with Gasteiger partial charge < -0.3 is 19.5 Å². The number of aromatic nitrogens is 1. The second-order valence-electron chi connectivity index (χ2n) is 12.0. The maximum atomic E-state index is 13.5. The van der Waals surface area contributed by atoms with Gasteiger partial charge in [-0.05, 0) is 73.9 Å². The molecule has 2 N–H and O–H groups in total. The third-order valence-electron chi connectivity index (χ3n) is 8.15. The van der Waals surface area contributed by atoms with Crippen LogP contribution in [0.15, 0.2) is 53.5 Å². The van der Waals surface area contributed by atoms with E-state index in [-0.39, 0.29) is 61.4 Å². The first-order valence-electron chi connectivity index (χ1n) is 16.0. The zero-order valence-corrected chi connectivity index (χ0v) is 28.2. The van der Waals surface area contributed by atoms with E-state index in [4.69, 9.17) is 20.9 Å². The van der Waals surface area contributed by atoms with Gasteiger partial charge in [-0.1, -0.05) is 42.6 Å². The zero-order valence-electron chi connectivity index (χ0n) is 26.6. The number of unbranched alkanes of at least 4 members (excludes halogenated alkanes) is 3. The topological polar surface area (TPSA) is 152 Å². The largest absolute Gasteiger partial charge is 0.466 e. The van der Waals surface area contributed by atoms with Crippen LogP contribution in [0, 0.1) is 0 Å². The number of benzene rings is 2. The molecule has 47 heavy (non-hydrogen) atoms. The number of carbonyl (C=O) groups is 3. The molecule has 0 spiro atoms. The fraction of sp³-hybridized carbons (Fsp3) is 0.471. The molecule has 11 nitrogen and oxygen atoms in total. The number of carbonyl (C=O) groups excluding carboxylic acids is 3. The number of nitrogens with one attached hydrogen (secondary N) is 1. The maximum absolute atomic E-state index is 13.5. The Kier molecular flexibility index (Phi) is 13.0. The van der Waals surface area contributed by atoms with E-state index in [9.17, 15) is 27.6 Å². The van der Waals surface area contributed by atoms with E-state index in [1.165, 1.54) is 11.9 Å². The van der Waals surface area contributed by atoms with Crippen LogP contribution in [0.4, 0.5) is 0 Å². The molecule has 2 amide bonds. The summed E-state index contributed by atoms with van der Waals surface area (Å²) in [6, 6.07) is 13.2. The van der Waals surface area contributed by atoms with E-state index in [0.29, 0.717) is 36.1 Å². The average molecular weight is 688 g/mol. The molecule has 1 heterocycles. The number of aryl methyl sites for hydroxylation is 1. The minimum absolute atomic E-state index is 0.0589. The van der Waals surface area contributed by atoms with E-state index in [2.05, 4.69) is 5.32 Å². The molecule has 0 unspecified atom stereocenters. The van der Waals surface area contributed by atoms with Crippen molar-refractivity contribution >= 4 is 50.4 Å². The van der Waals surface area contributed by atoms with E-state index in [1.54, 1.807) is 18.3 Å². The van der Waals surface area contributed by atoms with Gasteiger partial charge in [-0.2, -0.15) is 8.42 Å². The number of hydrogen-bond donors (Lipinski definition) is 2. The third-order valence-corrected chi connectivity index (χ3v) is 9.10. The van der Waals surface area contributed by atoms with E-state index in [1.807, 2.05) is 34.9 Å². The van der Waals surface area contributed by atoms with Crippen LogP contribution >= 0.6 is 11.6 Å². The maximum Gasteiger partial charge on any atom is 0.305 e. The standard InChI is InChI=1S/C34H42ClN3O8S/c1-37(18-20-47(43,44)45)31(39)8-4-2-3-5-9-32(40)46-19-6-7-24-12-17-30-28(21-24)33(41)29(23-38(30)27-15-16-27)34(42)36-22-25-10-13-26(35)14-11-25/h10-14,17,21,23,27H,2-9,15-16,18-20,22H2,1H3,(H,36,42)(H,43,44,45). The number of halogens is 1. The summed E-state index contributed by atoms with van der Waals surface area (Å²) in [5.74, 6) is -1.39. The molecule has 0 saturated heterocycles. The Morgan fingerprint density at radius 1 is 1.00 bits per heavy atom. The van der Waals surface area contributed by atoms with Gasteiger partial charge in [0.25, 0.3) is 16.0 Å². The second kappa shape index (κ2) is 16.9. The number of fused-ring (bicyclic) bond motifs is 1. The van der Waals surface area contributed by atoms with E-state index in [0.717, 1.165) is 42.3 Å². The van der Waals surface area contributed by atoms with Crippen LogP contribution < -0.4 is 10.7 Å². The Labute approximate surface area is 280 Å². The predicted octanol–water partition coefficient (Wildman–Crippen LogP) is 5.08. The number of hydrogen-bond acceptors (Lipinski definition) is 7. The molecule has 254 valence electrons. The lowest BCUT2D eigenvalue weighted by molar-refractivity contribution is -0.143. The number of esters is 1. The van der Waals surface area contributed by atoms with Crippen molar-refractivity contribution in [2.24, 2.45) is 0 Å². The Balaban J connectivity index is 1.20. The molecule has 3 aromatic rings. The first-order chi connectivity index (χ1) is 22.4. The van der Waals surface area contributed by atoms with Crippen molar-refractivity contribution < 1.29 is 32.1 Å². The van der Waals surface area contributed by atoms with Gasteiger partial charge in [0.2, 0.25) is 11.3 Å². The highest BCUT2D eigenvalue weighted by molar-refractivity contribution is 7.85. The molecule has 1 aliphatic carbocycles. The Morgan fingerprint density at radius 2 is 1.68 bits per heavy atom. The number of pyridine rings is 1. The molecule has 2 aromatic carbocycles. The summed E-state index contributed by atoms with van der Waals surface area (Å²) in [5.41, 5.74) is 2.40. The van der Waals surface area contributed by atoms with Crippen LogP contribution in [-0.2, 0) is 37.4 Å². The molecule has 4 rings (SSSR count). The minimum atomic E-state index is -4.11. The van der Waals surface area contributed by atoms with Crippen molar-refractivity contribution in [3.05, 3.63) is 80.6 Å². The normalized spacial score (nSPS) is 13.0. The highest BCUT2D eigenvalue weighted by atomic mass is 35.5. The van der Waals surface area contributed by atoms with Crippen LogP contribution in [0.25, 0.3) is 10.9 Å². The van der Waals surface area contributed by atoms with E-state index >= 15 is 0 Å². The zero-order chi connectivity index (χ0) is 34.0. The predicted molar refractivity (Wildman–Crippen MR) is 180 cm³/mol. The summed E-state index contributed by atoms with van der Waals surface area (Å²) in [5, 5.41) is 3.96. The molecular weight excluding hydrogens is 646 g/mol. The number of ether oxygens (including phenoxy) is 1. The lowest BCUT2D eigenvalue weighted by Crippen LogP contribution is -2.31. The van der Waals surface area contributed by atoms with Crippen molar-refractivity contribution in [1.29, 1.82) is 0 Å². The van der Waals surface area contributed by atoms with Crippen LogP contribution in [0.3, 0.4) is 0 Å². The van der Waals surface area contributed by atoms with Crippen molar-refractivity contribution in [3.8, 4) is 0 Å². The lowest BCUT2D eigenvalue weighted by atomic mass is 10.0. The molecular formula is C34H42ClN3O8S. The van der Waals surface area contributed by atoms with Gasteiger partial charge in [0.1, 0.15) is 5.56 Å². The molecule has 0 radical (unpaired) electrons. The Morgan fingerprint density at radius 3 is 2.36 bits per heavy atom. The summed E-state index contributed by atoms with van der Waals surface area (Å²) in [6.07, 6.45) is 8.18. The van der Waals surface area contributed by atoms with Crippen molar-refractivity contribution in [2.75, 3.05) is 26.0 Å². The number of nitrogens with zero attached hydrogens (tertiary/aromatic N) is 2. The van der Waals surface area contributed by atoms with Gasteiger partial charge in [0, 0.05) is 55.6 Å². The smallest absolute Gasteiger partial charge is 0.305 e. The molecule has 1 fully saturated rings.